The number of fused-ring (bicyclic) bond motifs is 1. The lowest BCUT2D eigenvalue weighted by Crippen LogP contribution is -2.19. The van der Waals surface area contributed by atoms with E-state index in [1.165, 1.54) is 19.2 Å². The number of methoxy groups -OCH3 is 1. The lowest BCUT2D eigenvalue weighted by atomic mass is 9.98. The molecule has 1 amide bonds. The number of carbonyl (C=O) groups is 1. The van der Waals surface area contributed by atoms with E-state index in [0.29, 0.717) is 41.2 Å². The van der Waals surface area contributed by atoms with Crippen LogP contribution in [0.15, 0.2) is 24.4 Å². The molecular weight excluding hydrogens is 385 g/mol. The van der Waals surface area contributed by atoms with E-state index in [4.69, 9.17) is 4.74 Å². The normalized spacial score (nSPS) is 21.5. The van der Waals surface area contributed by atoms with E-state index < -0.39 is 11.9 Å². The van der Waals surface area contributed by atoms with E-state index in [0.717, 1.165) is 0 Å². The smallest absolute Gasteiger partial charge is 0.256 e. The number of hydrogen-bond donors (Lipinski definition) is 4. The van der Waals surface area contributed by atoms with Gasteiger partial charge in [-0.15, -0.1) is 12.4 Å². The number of anilines is 1. The number of hydrogen-bond acceptors (Lipinski definition) is 4. The topological polar surface area (TPSA) is 86.4 Å². The van der Waals surface area contributed by atoms with Gasteiger partial charge in [-0.25, -0.2) is 4.39 Å². The lowest BCUT2D eigenvalue weighted by molar-refractivity contribution is -0.110. The number of β-amino-alcohol motifs (C(OH)–C–C–N with tert-alkyl or cyclic N) is 1. The van der Waals surface area contributed by atoms with E-state index in [2.05, 4.69) is 27.5 Å². The molecule has 28 heavy (non-hydrogen) atoms. The van der Waals surface area contributed by atoms with Crippen molar-refractivity contribution in [2.24, 2.45) is 0 Å². The van der Waals surface area contributed by atoms with Crippen molar-refractivity contribution in [3.05, 3.63) is 47.0 Å². The predicted octanol–water partition coefficient (Wildman–Crippen LogP) is 2.15. The quantitative estimate of drug-likeness (QED) is 0.457. The molecule has 2 aliphatic rings. The highest BCUT2D eigenvalue weighted by atomic mass is 35.5. The van der Waals surface area contributed by atoms with Crippen molar-refractivity contribution in [3.8, 4) is 17.6 Å². The van der Waals surface area contributed by atoms with Crippen LogP contribution in [0.1, 0.15) is 23.2 Å². The van der Waals surface area contributed by atoms with Crippen LogP contribution in [-0.4, -0.2) is 41.8 Å². The standard InChI is InChI=1S/C20H18FN3O3.ClH/c1-27-18-6-7-22-17(18)9-14-19-13(3-2-11-8-12(25)10-23-11)15(21)4-5-16(19)24-20(14)26;/h4-7,9,11-12,22-23,25H,8,10H2,1H3,(H,24,26);1H/b14-9-;/t11-,12-;/m1./s1. The van der Waals surface area contributed by atoms with Gasteiger partial charge in [0.25, 0.3) is 5.91 Å². The number of carbonyl (C=O) groups excluding carboxylic acids is 1. The molecule has 0 saturated carbocycles. The van der Waals surface area contributed by atoms with Crippen molar-refractivity contribution >= 4 is 35.7 Å². The summed E-state index contributed by atoms with van der Waals surface area (Å²) < 4.78 is 19.8. The molecule has 3 heterocycles. The summed E-state index contributed by atoms with van der Waals surface area (Å²) in [6.45, 7) is 0.465. The number of aromatic nitrogens is 1. The molecule has 0 unspecified atom stereocenters. The van der Waals surface area contributed by atoms with Crippen LogP contribution in [0, 0.1) is 17.7 Å². The van der Waals surface area contributed by atoms with Gasteiger partial charge in [-0.2, -0.15) is 0 Å². The van der Waals surface area contributed by atoms with Gasteiger partial charge in [0.1, 0.15) is 11.6 Å². The van der Waals surface area contributed by atoms with Crippen molar-refractivity contribution in [1.82, 2.24) is 10.3 Å². The van der Waals surface area contributed by atoms with Crippen LogP contribution in [-0.2, 0) is 4.79 Å². The van der Waals surface area contributed by atoms with Crippen molar-refractivity contribution in [2.75, 3.05) is 19.0 Å². The first-order valence-corrected chi connectivity index (χ1v) is 8.57. The van der Waals surface area contributed by atoms with Crippen LogP contribution >= 0.6 is 12.4 Å². The Morgan fingerprint density at radius 3 is 2.89 bits per heavy atom. The average molecular weight is 404 g/mol. The van der Waals surface area contributed by atoms with Crippen molar-refractivity contribution in [2.45, 2.75) is 18.6 Å². The first kappa shape index (κ1) is 20.0. The average Bonchev–Trinajstić information content (AvgIpc) is 3.35. The molecule has 0 bridgehead atoms. The summed E-state index contributed by atoms with van der Waals surface area (Å²) in [7, 11) is 1.54. The molecule has 2 aliphatic heterocycles. The number of nitrogens with one attached hydrogen (secondary N) is 3. The molecule has 0 spiro atoms. The second-order valence-corrected chi connectivity index (χ2v) is 6.44. The van der Waals surface area contributed by atoms with Crippen LogP contribution in [0.3, 0.4) is 0 Å². The maximum Gasteiger partial charge on any atom is 0.256 e. The molecule has 0 radical (unpaired) electrons. The van der Waals surface area contributed by atoms with Crippen LogP contribution < -0.4 is 15.4 Å². The summed E-state index contributed by atoms with van der Waals surface area (Å²) in [4.78, 5) is 15.5. The monoisotopic (exact) mass is 403 g/mol. The Hall–Kier alpha value is -2.79. The third kappa shape index (κ3) is 3.62. The Morgan fingerprint density at radius 1 is 1.36 bits per heavy atom. The molecule has 4 N–H and O–H groups in total. The molecule has 146 valence electrons. The van der Waals surface area contributed by atoms with Gasteiger partial charge in [0.15, 0.2) is 0 Å². The summed E-state index contributed by atoms with van der Waals surface area (Å²) in [6, 6.07) is 4.34. The number of benzene rings is 1. The largest absolute Gasteiger partial charge is 0.495 e. The second kappa shape index (κ2) is 8.07. The zero-order chi connectivity index (χ0) is 19.0. The number of aliphatic hydroxyl groups is 1. The highest BCUT2D eigenvalue weighted by Gasteiger charge is 2.29. The fourth-order valence-corrected chi connectivity index (χ4v) is 3.31. The maximum absolute atomic E-state index is 14.5. The minimum absolute atomic E-state index is 0. The Labute approximate surface area is 167 Å². The van der Waals surface area contributed by atoms with Crippen LogP contribution in [0.2, 0.25) is 0 Å². The van der Waals surface area contributed by atoms with E-state index in [1.54, 1.807) is 18.3 Å². The molecule has 6 nitrogen and oxygen atoms in total. The van der Waals surface area contributed by atoms with Crippen molar-refractivity contribution in [1.29, 1.82) is 0 Å². The van der Waals surface area contributed by atoms with Gasteiger partial charge in [-0.3, -0.25) is 4.79 Å². The van der Waals surface area contributed by atoms with E-state index in [9.17, 15) is 14.3 Å². The number of rotatable bonds is 2. The molecule has 8 heteroatoms. The van der Waals surface area contributed by atoms with Gasteiger partial charge in [-0.1, -0.05) is 11.8 Å². The minimum atomic E-state index is -0.499. The first-order chi connectivity index (χ1) is 13.1. The van der Waals surface area contributed by atoms with E-state index in [-0.39, 0.29) is 29.9 Å². The fourth-order valence-electron chi connectivity index (χ4n) is 3.31. The highest BCUT2D eigenvalue weighted by molar-refractivity contribution is 6.35. The third-order valence-electron chi connectivity index (χ3n) is 4.64. The van der Waals surface area contributed by atoms with E-state index >= 15 is 0 Å². The lowest BCUT2D eigenvalue weighted by Gasteiger charge is -2.05. The summed E-state index contributed by atoms with van der Waals surface area (Å²) in [5, 5.41) is 15.4. The molecule has 4 rings (SSSR count). The van der Waals surface area contributed by atoms with Gasteiger partial charge in [0.2, 0.25) is 0 Å². The van der Waals surface area contributed by atoms with Gasteiger partial charge < -0.3 is 25.5 Å². The number of H-pyrrole nitrogens is 1. The summed E-state index contributed by atoms with van der Waals surface area (Å²) in [5.41, 5.74) is 2.03. The van der Waals surface area contributed by atoms with Crippen molar-refractivity contribution in [3.63, 3.8) is 0 Å². The Kier molecular flexibility index (Phi) is 5.75. The maximum atomic E-state index is 14.5. The molecule has 2 aromatic rings. The molecule has 1 saturated heterocycles. The molecule has 1 fully saturated rings. The molecule has 0 aliphatic carbocycles. The Balaban J connectivity index is 0.00000225. The zero-order valence-corrected chi connectivity index (χ0v) is 15.8. The van der Waals surface area contributed by atoms with Gasteiger partial charge >= 0.3 is 0 Å². The van der Waals surface area contributed by atoms with Gasteiger partial charge in [0.05, 0.1) is 41.8 Å². The van der Waals surface area contributed by atoms with Gasteiger partial charge in [0, 0.05) is 24.7 Å². The summed E-state index contributed by atoms with van der Waals surface area (Å²) >= 11 is 0. The fraction of sp³-hybridized carbons (Fsp3) is 0.250. The molecule has 1 aromatic heterocycles. The van der Waals surface area contributed by atoms with E-state index in [1.807, 2.05) is 0 Å². The molecule has 1 aromatic carbocycles. The third-order valence-corrected chi connectivity index (χ3v) is 4.64. The van der Waals surface area contributed by atoms with Crippen LogP contribution in [0.4, 0.5) is 10.1 Å². The molecule has 2 atom stereocenters. The number of ether oxygens (including phenoxy) is 1. The number of amides is 1. The zero-order valence-electron chi connectivity index (χ0n) is 15.0. The number of halogens is 2. The molecular formula is C20H19ClFN3O3. The van der Waals surface area contributed by atoms with Crippen molar-refractivity contribution < 1.29 is 19.0 Å². The second-order valence-electron chi connectivity index (χ2n) is 6.44. The minimum Gasteiger partial charge on any atom is -0.495 e. The first-order valence-electron chi connectivity index (χ1n) is 8.57. The number of aliphatic hydroxyl groups excluding tert-OH is 1. The SMILES string of the molecule is COc1cc[nH]c1/C=C1\C(=O)Nc2ccc(F)c(C#C[C@@H]3C[C@@H](O)CN3)c21.Cl. The predicted molar refractivity (Wildman–Crippen MR) is 107 cm³/mol. The number of aromatic amines is 1. The Bertz CT molecular complexity index is 1010. The summed E-state index contributed by atoms with van der Waals surface area (Å²) in [5.74, 6) is 5.57. The summed E-state index contributed by atoms with van der Waals surface area (Å²) in [6.07, 6.45) is 3.36. The van der Waals surface area contributed by atoms with Gasteiger partial charge in [-0.05, 0) is 24.3 Å². The highest BCUT2D eigenvalue weighted by Crippen LogP contribution is 2.37. The van der Waals surface area contributed by atoms with Crippen LogP contribution in [0.5, 0.6) is 5.75 Å². The Morgan fingerprint density at radius 2 is 2.18 bits per heavy atom. The van der Waals surface area contributed by atoms with Crippen LogP contribution in [0.25, 0.3) is 11.6 Å².